The molecule has 1 aromatic carbocycles. The van der Waals surface area contributed by atoms with Crippen molar-refractivity contribution in [2.75, 3.05) is 13.2 Å². The molecule has 0 aliphatic heterocycles. The van der Waals surface area contributed by atoms with E-state index >= 15 is 0 Å². The number of aliphatic hydroxyl groups excluding tert-OH is 1. The van der Waals surface area contributed by atoms with Crippen molar-refractivity contribution in [3.8, 4) is 0 Å². The average molecular weight is 192 g/mol. The van der Waals surface area contributed by atoms with E-state index in [4.69, 9.17) is 9.84 Å². The van der Waals surface area contributed by atoms with Gasteiger partial charge in [-0.05, 0) is 12.1 Å². The van der Waals surface area contributed by atoms with Gasteiger partial charge in [0.2, 0.25) is 0 Å². The Kier molecular flexibility index (Phi) is 2.76. The summed E-state index contributed by atoms with van der Waals surface area (Å²) in [5.41, 5.74) is 1.95. The third-order valence-electron chi connectivity index (χ3n) is 1.91. The quantitative estimate of drug-likeness (QED) is 0.712. The second-order valence-corrected chi connectivity index (χ2v) is 2.98. The number of imidazole rings is 1. The predicted octanol–water partition coefficient (Wildman–Crippen LogP) is 1.07. The minimum absolute atomic E-state index is 0.0419. The number of H-pyrrole nitrogens is 1. The van der Waals surface area contributed by atoms with Crippen LogP contribution in [0.1, 0.15) is 5.82 Å². The van der Waals surface area contributed by atoms with E-state index in [0.29, 0.717) is 13.2 Å². The summed E-state index contributed by atoms with van der Waals surface area (Å²) in [6.07, 6.45) is 0. The van der Waals surface area contributed by atoms with Crippen molar-refractivity contribution in [1.29, 1.82) is 0 Å². The predicted molar refractivity (Wildman–Crippen MR) is 52.8 cm³/mol. The number of hydrogen-bond acceptors (Lipinski definition) is 3. The molecule has 1 aromatic heterocycles. The number of hydrogen-bond donors (Lipinski definition) is 2. The molecule has 1 heterocycles. The van der Waals surface area contributed by atoms with Gasteiger partial charge in [-0.25, -0.2) is 4.98 Å². The standard InChI is InChI=1S/C10H12N2O2/c13-5-6-14-7-10-11-8-3-1-2-4-9(8)12-10/h1-4,13H,5-7H2,(H,11,12). The highest BCUT2D eigenvalue weighted by Gasteiger charge is 2.00. The summed E-state index contributed by atoms with van der Waals surface area (Å²) in [4.78, 5) is 7.46. The fourth-order valence-corrected chi connectivity index (χ4v) is 1.31. The van der Waals surface area contributed by atoms with Gasteiger partial charge in [0, 0.05) is 0 Å². The molecule has 4 nitrogen and oxygen atoms in total. The summed E-state index contributed by atoms with van der Waals surface area (Å²) in [5.74, 6) is 0.791. The van der Waals surface area contributed by atoms with Crippen molar-refractivity contribution in [3.05, 3.63) is 30.1 Å². The highest BCUT2D eigenvalue weighted by molar-refractivity contribution is 5.74. The third kappa shape index (κ3) is 1.92. The Hall–Kier alpha value is -1.39. The molecule has 0 bridgehead atoms. The third-order valence-corrected chi connectivity index (χ3v) is 1.91. The Morgan fingerprint density at radius 2 is 2.21 bits per heavy atom. The number of rotatable bonds is 4. The molecule has 0 aliphatic carbocycles. The van der Waals surface area contributed by atoms with Crippen molar-refractivity contribution < 1.29 is 9.84 Å². The lowest BCUT2D eigenvalue weighted by molar-refractivity contribution is 0.0782. The van der Waals surface area contributed by atoms with Gasteiger partial charge >= 0.3 is 0 Å². The van der Waals surface area contributed by atoms with Crippen LogP contribution in [0.4, 0.5) is 0 Å². The summed E-state index contributed by atoms with van der Waals surface area (Å²) in [6.45, 7) is 0.798. The number of aliphatic hydroxyl groups is 1. The van der Waals surface area contributed by atoms with E-state index in [1.807, 2.05) is 24.3 Å². The van der Waals surface area contributed by atoms with E-state index in [1.165, 1.54) is 0 Å². The fraction of sp³-hybridized carbons (Fsp3) is 0.300. The van der Waals surface area contributed by atoms with Crippen LogP contribution < -0.4 is 0 Å². The van der Waals surface area contributed by atoms with Gasteiger partial charge in [0.25, 0.3) is 0 Å². The van der Waals surface area contributed by atoms with E-state index in [-0.39, 0.29) is 6.61 Å². The first-order valence-electron chi connectivity index (χ1n) is 4.52. The van der Waals surface area contributed by atoms with E-state index in [9.17, 15) is 0 Å². The minimum atomic E-state index is 0.0419. The Morgan fingerprint density at radius 3 is 3.00 bits per heavy atom. The first-order valence-corrected chi connectivity index (χ1v) is 4.52. The smallest absolute Gasteiger partial charge is 0.133 e. The number of fused-ring (bicyclic) bond motifs is 1. The highest BCUT2D eigenvalue weighted by Crippen LogP contribution is 2.10. The van der Waals surface area contributed by atoms with Crippen molar-refractivity contribution in [1.82, 2.24) is 9.97 Å². The molecule has 14 heavy (non-hydrogen) atoms. The fourth-order valence-electron chi connectivity index (χ4n) is 1.31. The zero-order valence-electron chi connectivity index (χ0n) is 7.73. The van der Waals surface area contributed by atoms with E-state index in [0.717, 1.165) is 16.9 Å². The number of benzene rings is 1. The molecule has 2 aromatic rings. The molecular weight excluding hydrogens is 180 g/mol. The zero-order valence-corrected chi connectivity index (χ0v) is 7.73. The molecule has 0 unspecified atom stereocenters. The second-order valence-electron chi connectivity index (χ2n) is 2.98. The van der Waals surface area contributed by atoms with Crippen LogP contribution in [0.2, 0.25) is 0 Å². The highest BCUT2D eigenvalue weighted by atomic mass is 16.5. The van der Waals surface area contributed by atoms with Crippen molar-refractivity contribution in [2.24, 2.45) is 0 Å². The molecule has 0 amide bonds. The monoisotopic (exact) mass is 192 g/mol. The Bertz CT molecular complexity index is 378. The van der Waals surface area contributed by atoms with Gasteiger partial charge in [0.05, 0.1) is 24.2 Å². The van der Waals surface area contributed by atoms with Gasteiger partial charge < -0.3 is 14.8 Å². The van der Waals surface area contributed by atoms with Gasteiger partial charge in [0.15, 0.2) is 0 Å². The molecule has 0 atom stereocenters. The Balaban J connectivity index is 2.11. The summed E-state index contributed by atoms with van der Waals surface area (Å²) in [5, 5.41) is 8.53. The topological polar surface area (TPSA) is 58.1 Å². The Morgan fingerprint density at radius 1 is 1.36 bits per heavy atom. The molecule has 0 saturated carbocycles. The van der Waals surface area contributed by atoms with Crippen LogP contribution in [0.5, 0.6) is 0 Å². The molecular formula is C10H12N2O2. The number of para-hydroxylation sites is 2. The van der Waals surface area contributed by atoms with Crippen LogP contribution in [0, 0.1) is 0 Å². The van der Waals surface area contributed by atoms with Gasteiger partial charge in [-0.3, -0.25) is 0 Å². The first-order chi connectivity index (χ1) is 6.90. The number of nitrogens with one attached hydrogen (secondary N) is 1. The summed E-state index contributed by atoms with van der Waals surface area (Å²) >= 11 is 0. The normalized spacial score (nSPS) is 10.9. The van der Waals surface area contributed by atoms with Crippen LogP contribution in [0.25, 0.3) is 11.0 Å². The van der Waals surface area contributed by atoms with E-state index in [2.05, 4.69) is 9.97 Å². The lowest BCUT2D eigenvalue weighted by Gasteiger charge is -1.96. The van der Waals surface area contributed by atoms with Crippen LogP contribution in [0.15, 0.2) is 24.3 Å². The molecule has 74 valence electrons. The summed E-state index contributed by atoms with van der Waals surface area (Å²) < 4.78 is 5.15. The maximum absolute atomic E-state index is 8.53. The van der Waals surface area contributed by atoms with Gasteiger partial charge in [-0.15, -0.1) is 0 Å². The maximum Gasteiger partial charge on any atom is 0.133 e. The molecule has 0 radical (unpaired) electrons. The maximum atomic E-state index is 8.53. The van der Waals surface area contributed by atoms with Crippen molar-refractivity contribution in [2.45, 2.75) is 6.61 Å². The summed E-state index contributed by atoms with van der Waals surface area (Å²) in [6, 6.07) is 7.82. The van der Waals surface area contributed by atoms with Crippen molar-refractivity contribution in [3.63, 3.8) is 0 Å². The molecule has 2 N–H and O–H groups in total. The number of aromatic nitrogens is 2. The average Bonchev–Trinajstić information content (AvgIpc) is 2.60. The molecule has 0 aliphatic rings. The summed E-state index contributed by atoms with van der Waals surface area (Å²) in [7, 11) is 0. The number of aromatic amines is 1. The molecule has 4 heteroatoms. The number of ether oxygens (including phenoxy) is 1. The lowest BCUT2D eigenvalue weighted by atomic mass is 10.3. The van der Waals surface area contributed by atoms with E-state index in [1.54, 1.807) is 0 Å². The zero-order chi connectivity index (χ0) is 9.80. The van der Waals surface area contributed by atoms with Gasteiger partial charge in [-0.2, -0.15) is 0 Å². The number of nitrogens with zero attached hydrogens (tertiary/aromatic N) is 1. The largest absolute Gasteiger partial charge is 0.394 e. The molecule has 0 fully saturated rings. The first kappa shape index (κ1) is 9.18. The van der Waals surface area contributed by atoms with Gasteiger partial charge in [-0.1, -0.05) is 12.1 Å². The van der Waals surface area contributed by atoms with Crippen LogP contribution in [-0.2, 0) is 11.3 Å². The van der Waals surface area contributed by atoms with E-state index < -0.39 is 0 Å². The van der Waals surface area contributed by atoms with Crippen LogP contribution in [0.3, 0.4) is 0 Å². The molecule has 0 spiro atoms. The Labute approximate surface area is 81.5 Å². The van der Waals surface area contributed by atoms with Gasteiger partial charge in [0.1, 0.15) is 12.4 Å². The van der Waals surface area contributed by atoms with Crippen molar-refractivity contribution >= 4 is 11.0 Å². The second kappa shape index (κ2) is 4.21. The molecule has 0 saturated heterocycles. The SMILES string of the molecule is OCCOCc1nc2ccccc2[nH]1. The molecule has 2 rings (SSSR count). The lowest BCUT2D eigenvalue weighted by Crippen LogP contribution is -2.00. The van der Waals surface area contributed by atoms with Crippen LogP contribution >= 0.6 is 0 Å². The van der Waals surface area contributed by atoms with Crippen LogP contribution in [-0.4, -0.2) is 28.3 Å². The minimum Gasteiger partial charge on any atom is -0.394 e.